The van der Waals surface area contributed by atoms with Gasteiger partial charge < -0.3 is 9.47 Å². The fraction of sp³-hybridized carbons (Fsp3) is 0.571. The quantitative estimate of drug-likeness (QED) is 0.805. The van der Waals surface area contributed by atoms with Crippen LogP contribution in [0.5, 0.6) is 0 Å². The third-order valence-electron chi connectivity index (χ3n) is 6.52. The summed E-state index contributed by atoms with van der Waals surface area (Å²) < 4.78 is 2.11. The van der Waals surface area contributed by atoms with Crippen molar-refractivity contribution in [3.63, 3.8) is 0 Å². The lowest BCUT2D eigenvalue weighted by atomic mass is 9.78. The second-order valence-electron chi connectivity index (χ2n) is 8.20. The van der Waals surface area contributed by atoms with Crippen molar-refractivity contribution in [2.45, 2.75) is 57.5 Å². The number of imidazole rings is 1. The summed E-state index contributed by atoms with van der Waals surface area (Å²) in [4.78, 5) is 19.9. The van der Waals surface area contributed by atoms with Gasteiger partial charge in [-0.15, -0.1) is 5.10 Å². The van der Waals surface area contributed by atoms with Crippen molar-refractivity contribution in [3.05, 3.63) is 30.1 Å². The summed E-state index contributed by atoms with van der Waals surface area (Å²) in [6, 6.07) is 6.39. The average molecular weight is 378 g/mol. The summed E-state index contributed by atoms with van der Waals surface area (Å²) in [7, 11) is 0. The zero-order valence-electron chi connectivity index (χ0n) is 16.1. The van der Waals surface area contributed by atoms with E-state index in [9.17, 15) is 4.79 Å². The third-order valence-corrected chi connectivity index (χ3v) is 6.52. The molecule has 5 rings (SSSR count). The molecule has 1 saturated carbocycles. The molecule has 0 spiro atoms. The first-order chi connectivity index (χ1) is 13.8. The second-order valence-corrected chi connectivity index (χ2v) is 8.20. The molecule has 2 atom stereocenters. The number of likely N-dealkylation sites (tertiary alicyclic amines) is 1. The Morgan fingerprint density at radius 2 is 2.04 bits per heavy atom. The lowest BCUT2D eigenvalue weighted by Crippen LogP contribution is -2.49. The van der Waals surface area contributed by atoms with E-state index in [1.54, 1.807) is 0 Å². The molecule has 2 unspecified atom stereocenters. The molecule has 2 fully saturated rings. The van der Waals surface area contributed by atoms with Crippen LogP contribution >= 0.6 is 0 Å². The van der Waals surface area contributed by atoms with Crippen LogP contribution in [0.1, 0.15) is 55.3 Å². The number of hydrogen-bond donors (Lipinski definition) is 0. The maximum atomic E-state index is 13.3. The first kappa shape index (κ1) is 17.5. The fourth-order valence-corrected chi connectivity index (χ4v) is 5.04. The predicted octanol–water partition coefficient (Wildman–Crippen LogP) is 4.04. The molecule has 0 bridgehead atoms. The van der Waals surface area contributed by atoms with Gasteiger partial charge in [0.05, 0.1) is 23.1 Å². The van der Waals surface area contributed by atoms with Crippen LogP contribution in [-0.4, -0.2) is 45.2 Å². The smallest absolute Gasteiger partial charge is 0.254 e. The van der Waals surface area contributed by atoms with Crippen molar-refractivity contribution in [2.75, 3.05) is 13.1 Å². The second kappa shape index (κ2) is 7.45. The number of fused-ring (bicyclic) bond motifs is 2. The fourth-order valence-electron chi connectivity index (χ4n) is 5.04. The molecule has 2 aliphatic heterocycles. The van der Waals surface area contributed by atoms with E-state index in [0.717, 1.165) is 54.7 Å². The largest absolute Gasteiger partial charge is 0.335 e. The Morgan fingerprint density at radius 3 is 2.93 bits per heavy atom. The van der Waals surface area contributed by atoms with Crippen molar-refractivity contribution in [3.8, 4) is 0 Å². The Morgan fingerprint density at radius 1 is 1.14 bits per heavy atom. The summed E-state index contributed by atoms with van der Waals surface area (Å²) in [6.07, 6.45) is 10.1. The van der Waals surface area contributed by atoms with E-state index in [4.69, 9.17) is 0 Å². The number of hydrogen-bond acceptors (Lipinski definition) is 5. The summed E-state index contributed by atoms with van der Waals surface area (Å²) in [5, 5.41) is 11.6. The van der Waals surface area contributed by atoms with Crippen molar-refractivity contribution in [2.24, 2.45) is 21.4 Å². The maximum absolute atomic E-state index is 13.3. The van der Waals surface area contributed by atoms with Crippen LogP contribution in [-0.2, 0) is 6.54 Å². The molecule has 1 aromatic carbocycles. The SMILES string of the molecule is O=C(c1ccc2c(c1)ncn2CCC1=NN=NC1)N1CCCC2CCCCC21. The number of piperidine rings is 1. The highest BCUT2D eigenvalue weighted by Crippen LogP contribution is 2.36. The minimum Gasteiger partial charge on any atom is -0.335 e. The lowest BCUT2D eigenvalue weighted by molar-refractivity contribution is 0.0391. The number of benzene rings is 1. The van der Waals surface area contributed by atoms with Gasteiger partial charge in [0.15, 0.2) is 0 Å². The van der Waals surface area contributed by atoms with Crippen molar-refractivity contribution in [1.82, 2.24) is 14.5 Å². The lowest BCUT2D eigenvalue weighted by Gasteiger charge is -2.44. The van der Waals surface area contributed by atoms with E-state index < -0.39 is 0 Å². The van der Waals surface area contributed by atoms with Gasteiger partial charge in [0, 0.05) is 31.1 Å². The standard InChI is InChI=1S/C21H26N6O/c28-21(27-10-3-5-15-4-1-2-6-19(15)27)16-7-8-20-18(12-16)22-14-26(20)11-9-17-13-23-25-24-17/h7-8,12,14-15,19H,1-6,9-11,13H2. The number of aromatic nitrogens is 2. The molecule has 1 aromatic heterocycles. The van der Waals surface area contributed by atoms with E-state index in [-0.39, 0.29) is 5.91 Å². The molecule has 7 nitrogen and oxygen atoms in total. The first-order valence-corrected chi connectivity index (χ1v) is 10.5. The van der Waals surface area contributed by atoms with Gasteiger partial charge in [0.25, 0.3) is 5.91 Å². The number of rotatable bonds is 4. The highest BCUT2D eigenvalue weighted by molar-refractivity contribution is 5.97. The van der Waals surface area contributed by atoms with Crippen molar-refractivity contribution < 1.29 is 4.79 Å². The monoisotopic (exact) mass is 378 g/mol. The number of carbonyl (C=O) groups excluding carboxylic acids is 1. The molecule has 1 saturated heterocycles. The topological polar surface area (TPSA) is 75.2 Å². The first-order valence-electron chi connectivity index (χ1n) is 10.5. The van der Waals surface area contributed by atoms with Crippen LogP contribution in [0.3, 0.4) is 0 Å². The molecule has 0 N–H and O–H groups in total. The Kier molecular flexibility index (Phi) is 4.66. The summed E-state index contributed by atoms with van der Waals surface area (Å²) >= 11 is 0. The van der Waals surface area contributed by atoms with Crippen LogP contribution in [0.25, 0.3) is 11.0 Å². The predicted molar refractivity (Wildman–Crippen MR) is 108 cm³/mol. The van der Waals surface area contributed by atoms with E-state index in [1.807, 2.05) is 24.5 Å². The molecule has 2 aromatic rings. The molecule has 1 amide bonds. The zero-order valence-corrected chi connectivity index (χ0v) is 16.1. The van der Waals surface area contributed by atoms with Gasteiger partial charge in [0.2, 0.25) is 0 Å². The molecule has 28 heavy (non-hydrogen) atoms. The van der Waals surface area contributed by atoms with Crippen LogP contribution in [0.2, 0.25) is 0 Å². The maximum Gasteiger partial charge on any atom is 0.254 e. The number of nitrogens with zero attached hydrogens (tertiary/aromatic N) is 6. The van der Waals surface area contributed by atoms with Gasteiger partial charge in [0.1, 0.15) is 6.54 Å². The molecular weight excluding hydrogens is 352 g/mol. The van der Waals surface area contributed by atoms with Crippen LogP contribution < -0.4 is 0 Å². The van der Waals surface area contributed by atoms with E-state index in [2.05, 4.69) is 29.9 Å². The molecule has 146 valence electrons. The van der Waals surface area contributed by atoms with Gasteiger partial charge in [-0.25, -0.2) is 4.98 Å². The number of amides is 1. The van der Waals surface area contributed by atoms with Gasteiger partial charge in [-0.2, -0.15) is 5.11 Å². The molecule has 3 aliphatic rings. The zero-order chi connectivity index (χ0) is 18.9. The highest BCUT2D eigenvalue weighted by Gasteiger charge is 2.36. The molecule has 0 radical (unpaired) electrons. The normalized spacial score (nSPS) is 24.4. The van der Waals surface area contributed by atoms with E-state index in [1.165, 1.54) is 25.7 Å². The number of carbonyl (C=O) groups is 1. The minimum absolute atomic E-state index is 0.177. The van der Waals surface area contributed by atoms with Gasteiger partial charge in [-0.1, -0.05) is 12.8 Å². The number of aryl methyl sites for hydroxylation is 1. The highest BCUT2D eigenvalue weighted by atomic mass is 16.2. The third kappa shape index (κ3) is 3.23. The van der Waals surface area contributed by atoms with E-state index in [0.29, 0.717) is 18.5 Å². The average Bonchev–Trinajstić information content (AvgIpc) is 3.40. The van der Waals surface area contributed by atoms with Gasteiger partial charge >= 0.3 is 0 Å². The summed E-state index contributed by atoms with van der Waals surface area (Å²) in [5.41, 5.74) is 3.70. The van der Waals surface area contributed by atoms with E-state index >= 15 is 0 Å². The Labute approximate surface area is 164 Å². The van der Waals surface area contributed by atoms with Crippen LogP contribution in [0.15, 0.2) is 40.0 Å². The van der Waals surface area contributed by atoms with Crippen molar-refractivity contribution >= 4 is 22.7 Å². The van der Waals surface area contributed by atoms with Crippen molar-refractivity contribution in [1.29, 1.82) is 0 Å². The molecule has 3 heterocycles. The van der Waals surface area contributed by atoms with Crippen LogP contribution in [0.4, 0.5) is 0 Å². The van der Waals surface area contributed by atoms with Gasteiger partial charge in [-0.05, 0) is 55.0 Å². The molecular formula is C21H26N6O. The Balaban J connectivity index is 1.34. The van der Waals surface area contributed by atoms with Gasteiger partial charge in [-0.3, -0.25) is 4.79 Å². The molecule has 7 heteroatoms. The Bertz CT molecular complexity index is 944. The summed E-state index contributed by atoms with van der Waals surface area (Å²) in [6.45, 7) is 2.29. The Hall–Kier alpha value is -2.57. The minimum atomic E-state index is 0.177. The molecule has 1 aliphatic carbocycles. The van der Waals surface area contributed by atoms with Crippen LogP contribution in [0, 0.1) is 5.92 Å². The summed E-state index contributed by atoms with van der Waals surface area (Å²) in [5.74, 6) is 0.878.